The zero-order valence-corrected chi connectivity index (χ0v) is 8.76. The Morgan fingerprint density at radius 3 is 2.38 bits per heavy atom. The number of rotatable bonds is 8. The van der Waals surface area contributed by atoms with Crippen LogP contribution in [-0.4, -0.2) is 0 Å². The van der Waals surface area contributed by atoms with Crippen LogP contribution in [0.15, 0.2) is 12.2 Å². The number of nitrogens with zero attached hydrogens (tertiary/aromatic N) is 1. The second kappa shape index (κ2) is 11.2. The Bertz CT molecular complexity index is 153. The van der Waals surface area contributed by atoms with Gasteiger partial charge in [0, 0.05) is 6.42 Å². The van der Waals surface area contributed by atoms with Gasteiger partial charge in [0.05, 0.1) is 6.07 Å². The monoisotopic (exact) mass is 179 g/mol. The maximum Gasteiger partial charge on any atom is 0.0621 e. The summed E-state index contributed by atoms with van der Waals surface area (Å²) in [5, 5.41) is 8.31. The van der Waals surface area contributed by atoms with Gasteiger partial charge in [-0.05, 0) is 25.7 Å². The molecule has 0 heterocycles. The summed E-state index contributed by atoms with van der Waals surface area (Å²) in [6, 6.07) is 2.18. The van der Waals surface area contributed by atoms with E-state index >= 15 is 0 Å². The molecule has 1 heteroatoms. The van der Waals surface area contributed by atoms with Crippen molar-refractivity contribution in [1.82, 2.24) is 0 Å². The van der Waals surface area contributed by atoms with Crippen LogP contribution in [0.25, 0.3) is 0 Å². The lowest BCUT2D eigenvalue weighted by molar-refractivity contribution is 0.623. The molecule has 0 aliphatic heterocycles. The maximum absolute atomic E-state index is 8.31. The minimum atomic E-state index is 0.732. The third-order valence-electron chi connectivity index (χ3n) is 2.06. The molecule has 0 saturated carbocycles. The molecule has 74 valence electrons. The Kier molecular flexibility index (Phi) is 10.6. The summed E-state index contributed by atoms with van der Waals surface area (Å²) in [5.74, 6) is 0. The van der Waals surface area contributed by atoms with E-state index in [1.165, 1.54) is 32.1 Å². The molecule has 0 radical (unpaired) electrons. The van der Waals surface area contributed by atoms with Crippen molar-refractivity contribution in [2.75, 3.05) is 0 Å². The fourth-order valence-electron chi connectivity index (χ4n) is 1.28. The normalized spacial score (nSPS) is 10.5. The first-order valence-corrected chi connectivity index (χ1v) is 5.43. The van der Waals surface area contributed by atoms with E-state index in [1.54, 1.807) is 0 Å². The highest BCUT2D eigenvalue weighted by atomic mass is 14.2. The number of allylic oxidation sites excluding steroid dienone is 2. The van der Waals surface area contributed by atoms with Crippen molar-refractivity contribution >= 4 is 0 Å². The van der Waals surface area contributed by atoms with Gasteiger partial charge in [-0.1, -0.05) is 38.3 Å². The molecule has 0 N–H and O–H groups in total. The Balaban J connectivity index is 2.92. The van der Waals surface area contributed by atoms with Crippen LogP contribution in [0.4, 0.5) is 0 Å². The van der Waals surface area contributed by atoms with Gasteiger partial charge in [-0.2, -0.15) is 5.26 Å². The molecule has 0 aromatic heterocycles. The van der Waals surface area contributed by atoms with Crippen molar-refractivity contribution in [3.63, 3.8) is 0 Å². The lowest BCUT2D eigenvalue weighted by Crippen LogP contribution is -1.78. The van der Waals surface area contributed by atoms with E-state index in [4.69, 9.17) is 5.26 Å². The smallest absolute Gasteiger partial charge is 0.0621 e. The van der Waals surface area contributed by atoms with Gasteiger partial charge in [0.15, 0.2) is 0 Å². The molecule has 13 heavy (non-hydrogen) atoms. The third kappa shape index (κ3) is 11.2. The van der Waals surface area contributed by atoms with E-state index in [1.807, 2.05) is 0 Å². The minimum absolute atomic E-state index is 0.732. The highest BCUT2D eigenvalue weighted by molar-refractivity contribution is 4.79. The first-order valence-electron chi connectivity index (χ1n) is 5.43. The van der Waals surface area contributed by atoms with Gasteiger partial charge < -0.3 is 0 Å². The third-order valence-corrected chi connectivity index (χ3v) is 2.06. The van der Waals surface area contributed by atoms with Gasteiger partial charge in [-0.15, -0.1) is 0 Å². The van der Waals surface area contributed by atoms with Gasteiger partial charge in [-0.3, -0.25) is 0 Å². The fraction of sp³-hybridized carbons (Fsp3) is 0.750. The summed E-state index contributed by atoms with van der Waals surface area (Å²) in [4.78, 5) is 0. The largest absolute Gasteiger partial charge is 0.198 e. The van der Waals surface area contributed by atoms with E-state index in [9.17, 15) is 0 Å². The molecule has 0 aliphatic carbocycles. The molecule has 0 fully saturated rings. The molecule has 0 bridgehead atoms. The van der Waals surface area contributed by atoms with E-state index in [2.05, 4.69) is 25.1 Å². The second-order valence-electron chi connectivity index (χ2n) is 3.34. The Morgan fingerprint density at radius 2 is 1.69 bits per heavy atom. The molecule has 0 aromatic carbocycles. The predicted octanol–water partition coefficient (Wildman–Crippen LogP) is 4.21. The van der Waals surface area contributed by atoms with E-state index in [-0.39, 0.29) is 0 Å². The van der Waals surface area contributed by atoms with Crippen LogP contribution in [0.3, 0.4) is 0 Å². The number of nitriles is 1. The summed E-state index contributed by atoms with van der Waals surface area (Å²) < 4.78 is 0. The Hall–Kier alpha value is -0.770. The SMILES string of the molecule is CC/C=C\CCCCCCCC#N. The van der Waals surface area contributed by atoms with Crippen LogP contribution in [-0.2, 0) is 0 Å². The highest BCUT2D eigenvalue weighted by Gasteiger charge is 1.88. The first-order chi connectivity index (χ1) is 6.41. The van der Waals surface area contributed by atoms with E-state index < -0.39 is 0 Å². The second-order valence-corrected chi connectivity index (χ2v) is 3.34. The van der Waals surface area contributed by atoms with Crippen molar-refractivity contribution in [1.29, 1.82) is 5.26 Å². The van der Waals surface area contributed by atoms with Crippen LogP contribution in [0.1, 0.15) is 58.3 Å². The average molecular weight is 179 g/mol. The highest BCUT2D eigenvalue weighted by Crippen LogP contribution is 2.07. The summed E-state index contributed by atoms with van der Waals surface area (Å²) in [5.41, 5.74) is 0. The maximum atomic E-state index is 8.31. The van der Waals surface area contributed by atoms with Crippen LogP contribution in [0.2, 0.25) is 0 Å². The lowest BCUT2D eigenvalue weighted by Gasteiger charge is -1.96. The van der Waals surface area contributed by atoms with Crippen LogP contribution in [0.5, 0.6) is 0 Å². The molecule has 0 amide bonds. The molecule has 1 nitrogen and oxygen atoms in total. The molecule has 0 atom stereocenters. The molecule has 0 spiro atoms. The van der Waals surface area contributed by atoms with E-state index in [0.717, 1.165) is 19.3 Å². The van der Waals surface area contributed by atoms with Gasteiger partial charge in [0.25, 0.3) is 0 Å². The summed E-state index contributed by atoms with van der Waals surface area (Å²) in [6.07, 6.45) is 13.9. The lowest BCUT2D eigenvalue weighted by atomic mass is 10.1. The quantitative estimate of drug-likeness (QED) is 0.404. The number of unbranched alkanes of at least 4 members (excludes halogenated alkanes) is 6. The molecular formula is C12H21N. The summed E-state index contributed by atoms with van der Waals surface area (Å²) in [7, 11) is 0. The van der Waals surface area contributed by atoms with Crippen molar-refractivity contribution in [3.8, 4) is 6.07 Å². The van der Waals surface area contributed by atoms with Crippen molar-refractivity contribution < 1.29 is 0 Å². The van der Waals surface area contributed by atoms with Crippen molar-refractivity contribution in [2.45, 2.75) is 58.3 Å². The van der Waals surface area contributed by atoms with Crippen molar-refractivity contribution in [2.24, 2.45) is 0 Å². The van der Waals surface area contributed by atoms with Gasteiger partial charge in [0.1, 0.15) is 0 Å². The molecule has 0 unspecified atom stereocenters. The summed E-state index contributed by atoms with van der Waals surface area (Å²) >= 11 is 0. The zero-order chi connectivity index (χ0) is 9.78. The standard InChI is InChI=1S/C12H21N/c1-2-3-4-5-6-7-8-9-10-11-12-13/h3-4H,2,5-11H2,1H3/b4-3-. The topological polar surface area (TPSA) is 23.8 Å². The molecule has 0 saturated heterocycles. The zero-order valence-electron chi connectivity index (χ0n) is 8.76. The van der Waals surface area contributed by atoms with Crippen LogP contribution >= 0.6 is 0 Å². The summed E-state index contributed by atoms with van der Waals surface area (Å²) in [6.45, 7) is 2.17. The first kappa shape index (κ1) is 12.2. The van der Waals surface area contributed by atoms with E-state index in [0.29, 0.717) is 0 Å². The average Bonchev–Trinajstić information content (AvgIpc) is 2.16. The van der Waals surface area contributed by atoms with Gasteiger partial charge in [0.2, 0.25) is 0 Å². The van der Waals surface area contributed by atoms with Crippen LogP contribution in [0, 0.1) is 11.3 Å². The molecule has 0 rings (SSSR count). The molecule has 0 aromatic rings. The van der Waals surface area contributed by atoms with Crippen LogP contribution < -0.4 is 0 Å². The minimum Gasteiger partial charge on any atom is -0.198 e. The Labute approximate surface area is 82.5 Å². The number of hydrogen-bond donors (Lipinski definition) is 0. The molecular weight excluding hydrogens is 158 g/mol. The van der Waals surface area contributed by atoms with Gasteiger partial charge in [-0.25, -0.2) is 0 Å². The van der Waals surface area contributed by atoms with Gasteiger partial charge >= 0.3 is 0 Å². The fourth-order valence-corrected chi connectivity index (χ4v) is 1.28. The van der Waals surface area contributed by atoms with Crippen molar-refractivity contribution in [3.05, 3.63) is 12.2 Å². The predicted molar refractivity (Wildman–Crippen MR) is 57.4 cm³/mol. The molecule has 0 aliphatic rings. The number of hydrogen-bond acceptors (Lipinski definition) is 1. The Morgan fingerprint density at radius 1 is 1.00 bits per heavy atom.